The van der Waals surface area contributed by atoms with Crippen molar-refractivity contribution >= 4 is 11.8 Å². The van der Waals surface area contributed by atoms with Gasteiger partial charge in [0.1, 0.15) is 5.56 Å². The average molecular weight is 282 g/mol. The van der Waals surface area contributed by atoms with Gasteiger partial charge in [0.25, 0.3) is 5.56 Å². The Bertz CT molecular complexity index is 640. The Hall–Kier alpha value is -1.49. The lowest BCUT2D eigenvalue weighted by Crippen LogP contribution is -2.32. The van der Waals surface area contributed by atoms with Crippen molar-refractivity contribution in [2.45, 2.75) is 30.1 Å². The maximum Gasteiger partial charge on any atom is 0.329 e. The number of hydrogen-bond donors (Lipinski definition) is 3. The molecule has 2 heterocycles. The molecule has 3 N–H and O–H groups in total. The van der Waals surface area contributed by atoms with Gasteiger partial charge in [-0.2, -0.15) is 0 Å². The highest BCUT2D eigenvalue weighted by Gasteiger charge is 2.34. The minimum Gasteiger partial charge on any atom is -0.395 e. The van der Waals surface area contributed by atoms with E-state index in [4.69, 9.17) is 5.11 Å². The molecule has 0 spiro atoms. The van der Waals surface area contributed by atoms with Crippen LogP contribution < -0.4 is 11.2 Å². The minimum absolute atomic E-state index is 0.151. The van der Waals surface area contributed by atoms with Gasteiger partial charge in [0, 0.05) is 12.6 Å². The second kappa shape index (κ2) is 5.65. The fourth-order valence-electron chi connectivity index (χ4n) is 1.97. The van der Waals surface area contributed by atoms with E-state index in [1.54, 1.807) is 6.92 Å². The molecule has 1 aliphatic heterocycles. The highest BCUT2D eigenvalue weighted by Crippen LogP contribution is 2.40. The third-order valence-corrected chi connectivity index (χ3v) is 4.47. The Balaban J connectivity index is 2.40. The van der Waals surface area contributed by atoms with E-state index in [9.17, 15) is 14.7 Å². The van der Waals surface area contributed by atoms with Crippen molar-refractivity contribution in [3.63, 3.8) is 0 Å². The summed E-state index contributed by atoms with van der Waals surface area (Å²) in [5.74, 6) is 5.24. The molecule has 0 aromatic carbocycles. The number of aromatic nitrogens is 2. The van der Waals surface area contributed by atoms with Crippen LogP contribution in [0.5, 0.6) is 0 Å². The van der Waals surface area contributed by atoms with Crippen molar-refractivity contribution in [1.82, 2.24) is 9.55 Å². The maximum atomic E-state index is 11.8. The van der Waals surface area contributed by atoms with Crippen molar-refractivity contribution in [2.24, 2.45) is 0 Å². The Morgan fingerprint density at radius 2 is 2.32 bits per heavy atom. The van der Waals surface area contributed by atoms with Gasteiger partial charge in [-0.3, -0.25) is 14.3 Å². The number of rotatable bonds is 2. The predicted octanol–water partition coefficient (Wildman–Crippen LogP) is -0.735. The average Bonchev–Trinajstić information content (AvgIpc) is 2.74. The van der Waals surface area contributed by atoms with Gasteiger partial charge in [0.15, 0.2) is 0 Å². The van der Waals surface area contributed by atoms with Crippen LogP contribution in [0.1, 0.15) is 24.3 Å². The highest BCUT2D eigenvalue weighted by atomic mass is 32.2. The first kappa shape index (κ1) is 13.9. The van der Waals surface area contributed by atoms with E-state index in [-0.39, 0.29) is 22.8 Å². The van der Waals surface area contributed by atoms with Crippen LogP contribution in [-0.4, -0.2) is 37.7 Å². The van der Waals surface area contributed by atoms with Gasteiger partial charge in [-0.05, 0) is 6.92 Å². The van der Waals surface area contributed by atoms with Crippen LogP contribution in [0.4, 0.5) is 0 Å². The summed E-state index contributed by atoms with van der Waals surface area (Å²) in [7, 11) is 0. The molecule has 0 aliphatic carbocycles. The van der Waals surface area contributed by atoms with E-state index in [0.29, 0.717) is 6.42 Å². The van der Waals surface area contributed by atoms with E-state index in [1.165, 1.54) is 22.5 Å². The van der Waals surface area contributed by atoms with E-state index in [1.807, 2.05) is 0 Å². The van der Waals surface area contributed by atoms with Gasteiger partial charge in [-0.15, -0.1) is 17.7 Å². The predicted molar refractivity (Wildman–Crippen MR) is 72.0 cm³/mol. The third-order valence-electron chi connectivity index (χ3n) is 2.92. The van der Waals surface area contributed by atoms with Crippen molar-refractivity contribution in [3.05, 3.63) is 32.6 Å². The summed E-state index contributed by atoms with van der Waals surface area (Å²) >= 11 is 1.31. The molecule has 102 valence electrons. The van der Waals surface area contributed by atoms with E-state index in [2.05, 4.69) is 16.8 Å². The molecule has 7 heteroatoms. The number of aliphatic hydroxyl groups is 2. The summed E-state index contributed by atoms with van der Waals surface area (Å²) in [4.78, 5) is 25.5. The third kappa shape index (κ3) is 2.76. The first-order chi connectivity index (χ1) is 9.06. The number of H-pyrrole nitrogens is 1. The summed E-state index contributed by atoms with van der Waals surface area (Å²) in [6.07, 6.45) is 1.09. The normalized spacial score (nSPS) is 25.9. The molecule has 19 heavy (non-hydrogen) atoms. The molecule has 0 saturated carbocycles. The quantitative estimate of drug-likeness (QED) is 0.621. The van der Waals surface area contributed by atoms with Crippen molar-refractivity contribution < 1.29 is 10.2 Å². The van der Waals surface area contributed by atoms with E-state index in [0.717, 1.165) is 0 Å². The maximum absolute atomic E-state index is 11.8. The lowest BCUT2D eigenvalue weighted by Gasteiger charge is -2.12. The number of hydrogen-bond acceptors (Lipinski definition) is 5. The Labute approximate surface area is 113 Å². The lowest BCUT2D eigenvalue weighted by atomic mass is 10.2. The monoisotopic (exact) mass is 282 g/mol. The molecule has 6 nitrogen and oxygen atoms in total. The number of thioether (sulfide) groups is 1. The molecule has 3 atom stereocenters. The zero-order chi connectivity index (χ0) is 14.0. The smallest absolute Gasteiger partial charge is 0.329 e. The fourth-order valence-corrected chi connectivity index (χ4v) is 3.35. The van der Waals surface area contributed by atoms with Gasteiger partial charge in [0.2, 0.25) is 0 Å². The largest absolute Gasteiger partial charge is 0.395 e. The van der Waals surface area contributed by atoms with Crippen LogP contribution in [0, 0.1) is 11.8 Å². The first-order valence-electron chi connectivity index (χ1n) is 5.79. The van der Waals surface area contributed by atoms with Crippen LogP contribution >= 0.6 is 11.8 Å². The molecule has 1 aliphatic rings. The molecular formula is C12H14N2O4S. The molecule has 0 amide bonds. The molecule has 1 fully saturated rings. The van der Waals surface area contributed by atoms with E-state index >= 15 is 0 Å². The molecule has 1 saturated heterocycles. The van der Waals surface area contributed by atoms with Gasteiger partial charge < -0.3 is 10.2 Å². The van der Waals surface area contributed by atoms with Gasteiger partial charge in [-0.1, -0.05) is 5.92 Å². The van der Waals surface area contributed by atoms with Crippen LogP contribution in [0.3, 0.4) is 0 Å². The minimum atomic E-state index is -0.667. The molecule has 1 aromatic rings. The molecule has 0 bridgehead atoms. The summed E-state index contributed by atoms with van der Waals surface area (Å²) in [5.41, 5.74) is -0.836. The van der Waals surface area contributed by atoms with Crippen LogP contribution in [-0.2, 0) is 0 Å². The molecular weight excluding hydrogens is 268 g/mol. The standard InChI is InChI=1S/C12H14N2O4S/c1-2-3-7-5-14(12(18)13-11(7)17)10-4-8(16)9(6-15)19-10/h5,8-10,15-16H,4,6H2,1H3,(H,13,17,18)/t8?,9-,10+/m0/s1. The summed E-state index contributed by atoms with van der Waals surface area (Å²) in [6, 6.07) is 0. The van der Waals surface area contributed by atoms with Crippen molar-refractivity contribution in [3.8, 4) is 11.8 Å². The summed E-state index contributed by atoms with van der Waals surface area (Å²) in [6.45, 7) is 1.45. The SMILES string of the molecule is CC#Cc1cn([C@H]2CC(O)[C@H](CO)S2)c(=O)[nH]c1=O. The van der Waals surface area contributed by atoms with E-state index < -0.39 is 17.4 Å². The number of aromatic amines is 1. The highest BCUT2D eigenvalue weighted by molar-refractivity contribution is 8.00. The number of nitrogens with zero attached hydrogens (tertiary/aromatic N) is 1. The fraction of sp³-hybridized carbons (Fsp3) is 0.500. The second-order valence-corrected chi connectivity index (χ2v) is 5.62. The van der Waals surface area contributed by atoms with Crippen molar-refractivity contribution in [1.29, 1.82) is 0 Å². The van der Waals surface area contributed by atoms with Gasteiger partial charge in [-0.25, -0.2) is 4.79 Å². The summed E-state index contributed by atoms with van der Waals surface area (Å²) < 4.78 is 1.35. The topological polar surface area (TPSA) is 95.3 Å². The van der Waals surface area contributed by atoms with Crippen LogP contribution in [0.2, 0.25) is 0 Å². The molecule has 1 aromatic heterocycles. The zero-order valence-electron chi connectivity index (χ0n) is 10.3. The van der Waals surface area contributed by atoms with Gasteiger partial charge in [0.05, 0.1) is 23.3 Å². The Morgan fingerprint density at radius 3 is 2.89 bits per heavy atom. The van der Waals surface area contributed by atoms with Crippen LogP contribution in [0.25, 0.3) is 0 Å². The summed E-state index contributed by atoms with van der Waals surface area (Å²) in [5, 5.41) is 18.2. The second-order valence-electron chi connectivity index (χ2n) is 4.20. The molecule has 0 radical (unpaired) electrons. The molecule has 2 rings (SSSR count). The Kier molecular flexibility index (Phi) is 4.14. The van der Waals surface area contributed by atoms with Crippen LogP contribution in [0.15, 0.2) is 15.8 Å². The number of aliphatic hydroxyl groups excluding tert-OH is 2. The first-order valence-corrected chi connectivity index (χ1v) is 6.73. The Morgan fingerprint density at radius 1 is 1.58 bits per heavy atom. The zero-order valence-corrected chi connectivity index (χ0v) is 11.1. The van der Waals surface area contributed by atoms with Crippen molar-refractivity contribution in [2.75, 3.05) is 6.61 Å². The number of nitrogens with one attached hydrogen (secondary N) is 1. The molecule has 1 unspecified atom stereocenters. The lowest BCUT2D eigenvalue weighted by molar-refractivity contribution is 0.137. The van der Waals surface area contributed by atoms with Gasteiger partial charge >= 0.3 is 5.69 Å².